The fourth-order valence-corrected chi connectivity index (χ4v) is 12.9. The SMILES string of the molecule is C[C@H]1CC[C@H](C)[PH+]1c1ccccc1[PH+]1[C@@H](C)CC[C@@H]1C.[CH3-].[CH3-].[Rh+2]. The van der Waals surface area contributed by atoms with Crippen LogP contribution in [-0.2, 0) is 19.5 Å². The Morgan fingerprint density at radius 2 is 0.913 bits per heavy atom. The van der Waals surface area contributed by atoms with Crippen LogP contribution in [0.2, 0.25) is 0 Å². The summed E-state index contributed by atoms with van der Waals surface area (Å²) in [6, 6.07) is 9.64. The molecule has 0 unspecified atom stereocenters. The molecule has 0 saturated carbocycles. The first-order chi connectivity index (χ1) is 9.59. The van der Waals surface area contributed by atoms with Crippen LogP contribution in [0.1, 0.15) is 53.4 Å². The molecule has 2 aliphatic rings. The Kier molecular flexibility index (Phi) is 10.3. The van der Waals surface area contributed by atoms with Crippen LogP contribution in [-0.4, -0.2) is 22.6 Å². The van der Waals surface area contributed by atoms with Crippen molar-refractivity contribution in [1.82, 2.24) is 0 Å². The van der Waals surface area contributed by atoms with Crippen molar-refractivity contribution in [2.75, 3.05) is 0 Å². The van der Waals surface area contributed by atoms with E-state index in [-0.39, 0.29) is 50.2 Å². The number of rotatable bonds is 2. The first-order valence-electron chi connectivity index (χ1n) is 8.42. The van der Waals surface area contributed by atoms with E-state index in [1.165, 1.54) is 25.7 Å². The Labute approximate surface area is 160 Å². The van der Waals surface area contributed by atoms with Crippen molar-refractivity contribution in [2.24, 2.45) is 0 Å². The molecule has 0 aromatic heterocycles. The van der Waals surface area contributed by atoms with Crippen LogP contribution in [0.5, 0.6) is 0 Å². The molecular formula is C20H36P2Rh+2. The molecule has 0 aliphatic carbocycles. The number of hydrogen-bond donors (Lipinski definition) is 0. The van der Waals surface area contributed by atoms with E-state index in [0.29, 0.717) is 0 Å². The summed E-state index contributed by atoms with van der Waals surface area (Å²) < 4.78 is 0. The maximum atomic E-state index is 2.52. The Bertz CT molecular complexity index is 413. The molecule has 0 spiro atoms. The van der Waals surface area contributed by atoms with Crippen molar-refractivity contribution < 1.29 is 19.5 Å². The first kappa shape index (κ1) is 23.7. The average Bonchev–Trinajstić information content (AvgIpc) is 2.93. The topological polar surface area (TPSA) is 0 Å². The second-order valence-electron chi connectivity index (χ2n) is 7.22. The van der Waals surface area contributed by atoms with E-state index in [0.717, 1.165) is 22.6 Å². The van der Waals surface area contributed by atoms with Crippen LogP contribution >= 0.6 is 15.8 Å². The van der Waals surface area contributed by atoms with Gasteiger partial charge in [0.1, 0.15) is 10.6 Å². The van der Waals surface area contributed by atoms with Crippen LogP contribution in [0.4, 0.5) is 0 Å². The Balaban J connectivity index is 0.00000161. The summed E-state index contributed by atoms with van der Waals surface area (Å²) in [4.78, 5) is 0. The molecule has 133 valence electrons. The molecule has 0 N–H and O–H groups in total. The molecule has 3 rings (SSSR count). The quantitative estimate of drug-likeness (QED) is 0.327. The molecule has 2 saturated heterocycles. The summed E-state index contributed by atoms with van der Waals surface area (Å²) in [5, 5.41) is 3.67. The smallest absolute Gasteiger partial charge is 0.358 e. The molecular weight excluding hydrogens is 405 g/mol. The maximum absolute atomic E-state index is 2.52. The third-order valence-electron chi connectivity index (χ3n) is 5.74. The van der Waals surface area contributed by atoms with Gasteiger partial charge < -0.3 is 14.9 Å². The van der Waals surface area contributed by atoms with Gasteiger partial charge in [-0.2, -0.15) is 0 Å². The molecule has 0 nitrogen and oxygen atoms in total. The molecule has 2 aliphatic heterocycles. The zero-order valence-corrected chi connectivity index (χ0v) is 19.4. The van der Waals surface area contributed by atoms with Crippen molar-refractivity contribution in [1.29, 1.82) is 0 Å². The minimum atomic E-state index is -0.332. The molecule has 0 amide bonds. The largest absolute Gasteiger partial charge is 2.00 e. The second-order valence-corrected chi connectivity index (χ2v) is 14.1. The summed E-state index contributed by atoms with van der Waals surface area (Å²) in [5.74, 6) is 0. The molecule has 2 fully saturated rings. The van der Waals surface area contributed by atoms with Gasteiger partial charge in [-0.05, 0) is 65.5 Å². The zero-order chi connectivity index (χ0) is 14.3. The van der Waals surface area contributed by atoms with Crippen molar-refractivity contribution in [3.63, 3.8) is 0 Å². The normalized spacial score (nSPS) is 31.1. The Morgan fingerprint density at radius 3 is 1.17 bits per heavy atom. The van der Waals surface area contributed by atoms with Gasteiger partial charge in [0.05, 0.1) is 22.6 Å². The van der Waals surface area contributed by atoms with E-state index in [2.05, 4.69) is 52.0 Å². The Morgan fingerprint density at radius 1 is 0.652 bits per heavy atom. The molecule has 1 aromatic rings. The van der Waals surface area contributed by atoms with Crippen molar-refractivity contribution >= 4 is 26.5 Å². The fourth-order valence-electron chi connectivity index (χ4n) is 4.64. The minimum absolute atomic E-state index is 0. The van der Waals surface area contributed by atoms with Crippen LogP contribution in [0.15, 0.2) is 24.3 Å². The van der Waals surface area contributed by atoms with E-state index >= 15 is 0 Å². The van der Waals surface area contributed by atoms with Crippen molar-refractivity contribution in [3.05, 3.63) is 39.1 Å². The average molecular weight is 441 g/mol. The van der Waals surface area contributed by atoms with Gasteiger partial charge in [-0.1, -0.05) is 12.1 Å². The van der Waals surface area contributed by atoms with Gasteiger partial charge >= 0.3 is 19.5 Å². The first-order valence-corrected chi connectivity index (χ1v) is 11.7. The Hall–Kier alpha value is 0.703. The van der Waals surface area contributed by atoms with Gasteiger partial charge in [0.15, 0.2) is 0 Å². The van der Waals surface area contributed by atoms with Crippen LogP contribution in [0.25, 0.3) is 0 Å². The molecule has 1 radical (unpaired) electrons. The standard InChI is InChI=1S/C18H28P2.2CH3.Rh/c1-13-9-10-14(2)19(13)17-7-5-6-8-18(17)20-15(3)11-12-16(20)4;;;/h5-8,13-16H,9-12H2,1-4H3;2*1H3;/q;2*-1;+2/p+2/t13-,14-,15-,16-;;;/m0.../s1. The zero-order valence-electron chi connectivity index (χ0n) is 15.8. The predicted octanol–water partition coefficient (Wildman–Crippen LogP) is 5.41. The predicted molar refractivity (Wildman–Crippen MR) is 111 cm³/mol. The van der Waals surface area contributed by atoms with E-state index in [4.69, 9.17) is 0 Å². The van der Waals surface area contributed by atoms with Gasteiger partial charge in [-0.15, -0.1) is 0 Å². The molecule has 1 aromatic carbocycles. The van der Waals surface area contributed by atoms with Gasteiger partial charge in [-0.25, -0.2) is 0 Å². The summed E-state index contributed by atoms with van der Waals surface area (Å²) in [6.07, 6.45) is 5.88. The van der Waals surface area contributed by atoms with Gasteiger partial charge in [0, 0.05) is 15.8 Å². The van der Waals surface area contributed by atoms with E-state index in [1.54, 1.807) is 0 Å². The summed E-state index contributed by atoms with van der Waals surface area (Å²) in [5.41, 5.74) is 3.91. The third kappa shape index (κ3) is 4.66. The molecule has 4 atom stereocenters. The van der Waals surface area contributed by atoms with E-state index < -0.39 is 0 Å². The third-order valence-corrected chi connectivity index (χ3v) is 13.5. The van der Waals surface area contributed by atoms with Gasteiger partial charge in [0.25, 0.3) is 0 Å². The van der Waals surface area contributed by atoms with E-state index in [1.807, 2.05) is 10.6 Å². The number of hydrogen-bond acceptors (Lipinski definition) is 0. The molecule has 0 bridgehead atoms. The van der Waals surface area contributed by atoms with Crippen molar-refractivity contribution in [2.45, 2.75) is 76.0 Å². The summed E-state index contributed by atoms with van der Waals surface area (Å²) in [7, 11) is -0.664. The summed E-state index contributed by atoms with van der Waals surface area (Å²) in [6.45, 7) is 10.1. The van der Waals surface area contributed by atoms with Crippen LogP contribution in [0, 0.1) is 14.9 Å². The number of benzene rings is 1. The van der Waals surface area contributed by atoms with E-state index in [9.17, 15) is 0 Å². The van der Waals surface area contributed by atoms with Crippen molar-refractivity contribution in [3.8, 4) is 0 Å². The summed E-state index contributed by atoms with van der Waals surface area (Å²) >= 11 is 0. The fraction of sp³-hybridized carbons (Fsp3) is 0.600. The maximum Gasteiger partial charge on any atom is 2.00 e. The second kappa shape index (κ2) is 10.00. The minimum Gasteiger partial charge on any atom is -0.358 e. The van der Waals surface area contributed by atoms with Crippen LogP contribution < -0.4 is 10.6 Å². The molecule has 2 heterocycles. The molecule has 23 heavy (non-hydrogen) atoms. The monoisotopic (exact) mass is 441 g/mol. The molecule has 3 heteroatoms. The van der Waals surface area contributed by atoms with Crippen LogP contribution in [0.3, 0.4) is 0 Å². The van der Waals surface area contributed by atoms with Gasteiger partial charge in [-0.3, -0.25) is 0 Å². The van der Waals surface area contributed by atoms with Gasteiger partial charge in [0.2, 0.25) is 0 Å².